The molecule has 0 aliphatic heterocycles. The van der Waals surface area contributed by atoms with E-state index in [4.69, 9.17) is 9.97 Å². The molecule has 0 saturated carbocycles. The highest BCUT2D eigenvalue weighted by Gasteiger charge is 2.06. The van der Waals surface area contributed by atoms with Gasteiger partial charge >= 0.3 is 0 Å². The summed E-state index contributed by atoms with van der Waals surface area (Å²) in [5, 5.41) is 4.55. The van der Waals surface area contributed by atoms with E-state index in [9.17, 15) is 0 Å². The minimum atomic E-state index is 0.796. The van der Waals surface area contributed by atoms with Gasteiger partial charge in [0, 0.05) is 11.1 Å². The highest BCUT2D eigenvalue weighted by atomic mass is 32.2. The van der Waals surface area contributed by atoms with Gasteiger partial charge in [-0.15, -0.1) is 0 Å². The molecule has 1 N–H and O–H groups in total. The summed E-state index contributed by atoms with van der Waals surface area (Å²) in [6.45, 7) is 0. The Hall–Kier alpha value is -2.85. The molecule has 3 aromatic carbocycles. The third-order valence-corrected chi connectivity index (χ3v) is 5.25. The van der Waals surface area contributed by atoms with E-state index in [1.165, 1.54) is 16.2 Å². The monoisotopic (exact) mass is 341 g/mol. The van der Waals surface area contributed by atoms with Crippen molar-refractivity contribution in [2.75, 3.05) is 0 Å². The van der Waals surface area contributed by atoms with Gasteiger partial charge in [-0.2, -0.15) is 0 Å². The summed E-state index contributed by atoms with van der Waals surface area (Å²) in [5.74, 6) is 0.796. The van der Waals surface area contributed by atoms with E-state index in [1.807, 2.05) is 12.1 Å². The first kappa shape index (κ1) is 14.5. The number of rotatable bonds is 3. The minimum Gasteiger partial charge on any atom is -0.333 e. The third kappa shape index (κ3) is 2.75. The lowest BCUT2D eigenvalue weighted by Crippen LogP contribution is -1.88. The Morgan fingerprint density at radius 1 is 0.720 bits per heavy atom. The molecule has 4 heteroatoms. The standard InChI is InChI=1S/C21H15N3S/c1-2-7-16-12-20-19(11-15(16)6-1)23-21(24-20)25-13-17-10-9-14-5-3-4-8-18(14)22-17/h1-12H,13H2,(H,23,24). The first-order chi connectivity index (χ1) is 12.3. The lowest BCUT2D eigenvalue weighted by molar-refractivity contribution is 1.07. The Kier molecular flexibility index (Phi) is 3.42. The van der Waals surface area contributed by atoms with Gasteiger partial charge in [0.1, 0.15) is 0 Å². The average molecular weight is 341 g/mol. The van der Waals surface area contributed by atoms with Crippen LogP contribution in [0.5, 0.6) is 0 Å². The molecule has 0 radical (unpaired) electrons. The smallest absolute Gasteiger partial charge is 0.166 e. The van der Waals surface area contributed by atoms with Crippen molar-refractivity contribution in [2.45, 2.75) is 10.9 Å². The van der Waals surface area contributed by atoms with E-state index in [2.05, 4.69) is 65.6 Å². The fourth-order valence-corrected chi connectivity index (χ4v) is 3.86. The Balaban J connectivity index is 1.43. The Bertz CT molecular complexity index is 1160. The highest BCUT2D eigenvalue weighted by Crippen LogP contribution is 2.26. The van der Waals surface area contributed by atoms with Gasteiger partial charge in [-0.25, -0.2) is 4.98 Å². The van der Waals surface area contributed by atoms with Crippen molar-refractivity contribution in [1.29, 1.82) is 0 Å². The largest absolute Gasteiger partial charge is 0.333 e. The molecule has 0 atom stereocenters. The lowest BCUT2D eigenvalue weighted by atomic mass is 10.1. The second-order valence-corrected chi connectivity index (χ2v) is 7.01. The zero-order chi connectivity index (χ0) is 16.6. The number of thioether (sulfide) groups is 1. The molecule has 5 rings (SSSR count). The number of aromatic nitrogens is 3. The lowest BCUT2D eigenvalue weighted by Gasteiger charge is -2.01. The van der Waals surface area contributed by atoms with E-state index in [-0.39, 0.29) is 0 Å². The van der Waals surface area contributed by atoms with Crippen molar-refractivity contribution in [3.05, 3.63) is 78.5 Å². The maximum absolute atomic E-state index is 4.73. The van der Waals surface area contributed by atoms with E-state index < -0.39 is 0 Å². The van der Waals surface area contributed by atoms with Crippen molar-refractivity contribution in [2.24, 2.45) is 0 Å². The van der Waals surface area contributed by atoms with Gasteiger partial charge in [-0.3, -0.25) is 4.98 Å². The van der Waals surface area contributed by atoms with Crippen LogP contribution in [0, 0.1) is 0 Å². The number of nitrogens with one attached hydrogen (secondary N) is 1. The molecule has 0 unspecified atom stereocenters. The van der Waals surface area contributed by atoms with E-state index in [0.717, 1.165) is 33.2 Å². The summed E-state index contributed by atoms with van der Waals surface area (Å²) >= 11 is 1.69. The number of imidazole rings is 1. The highest BCUT2D eigenvalue weighted by molar-refractivity contribution is 7.98. The van der Waals surface area contributed by atoms with Crippen LogP contribution in [0.1, 0.15) is 5.69 Å². The van der Waals surface area contributed by atoms with Crippen molar-refractivity contribution < 1.29 is 0 Å². The fourth-order valence-electron chi connectivity index (χ4n) is 3.07. The molecule has 2 aromatic heterocycles. The molecule has 0 saturated heterocycles. The maximum Gasteiger partial charge on any atom is 0.166 e. The van der Waals surface area contributed by atoms with Crippen LogP contribution in [0.25, 0.3) is 32.7 Å². The summed E-state index contributed by atoms with van der Waals surface area (Å²) < 4.78 is 0. The van der Waals surface area contributed by atoms with Crippen LogP contribution in [0.15, 0.2) is 78.0 Å². The maximum atomic E-state index is 4.73. The Morgan fingerprint density at radius 3 is 2.36 bits per heavy atom. The first-order valence-electron chi connectivity index (χ1n) is 8.21. The number of hydrogen-bond donors (Lipinski definition) is 1. The average Bonchev–Trinajstić information content (AvgIpc) is 3.06. The predicted molar refractivity (Wildman–Crippen MR) is 105 cm³/mol. The number of pyridine rings is 1. The summed E-state index contributed by atoms with van der Waals surface area (Å²) in [7, 11) is 0. The van der Waals surface area contributed by atoms with Crippen LogP contribution < -0.4 is 0 Å². The fraction of sp³-hybridized carbons (Fsp3) is 0.0476. The zero-order valence-corrected chi connectivity index (χ0v) is 14.3. The van der Waals surface area contributed by atoms with Crippen LogP contribution in [0.4, 0.5) is 0 Å². The van der Waals surface area contributed by atoms with E-state index in [0.29, 0.717) is 0 Å². The van der Waals surface area contributed by atoms with Crippen LogP contribution >= 0.6 is 11.8 Å². The molecular weight excluding hydrogens is 326 g/mol. The van der Waals surface area contributed by atoms with Crippen molar-refractivity contribution in [3.63, 3.8) is 0 Å². The molecule has 0 spiro atoms. The van der Waals surface area contributed by atoms with Gasteiger partial charge < -0.3 is 4.98 Å². The molecule has 0 amide bonds. The van der Waals surface area contributed by atoms with Crippen LogP contribution in [-0.2, 0) is 5.75 Å². The molecule has 120 valence electrons. The summed E-state index contributed by atoms with van der Waals surface area (Å²) in [6, 6.07) is 25.1. The second kappa shape index (κ2) is 5.90. The molecule has 2 heterocycles. The van der Waals surface area contributed by atoms with E-state index in [1.54, 1.807) is 11.8 Å². The summed E-state index contributed by atoms with van der Waals surface area (Å²) in [6.07, 6.45) is 0. The van der Waals surface area contributed by atoms with Gasteiger partial charge in [0.15, 0.2) is 5.16 Å². The second-order valence-electron chi connectivity index (χ2n) is 6.04. The zero-order valence-electron chi connectivity index (χ0n) is 13.4. The number of para-hydroxylation sites is 1. The first-order valence-corrected chi connectivity index (χ1v) is 9.20. The molecule has 0 fully saturated rings. The Morgan fingerprint density at radius 2 is 1.48 bits per heavy atom. The molecular formula is C21H15N3S. The van der Waals surface area contributed by atoms with Gasteiger partial charge in [0.25, 0.3) is 0 Å². The molecule has 0 aliphatic rings. The predicted octanol–water partition coefficient (Wildman–Crippen LogP) is 5.56. The molecule has 0 bridgehead atoms. The molecule has 5 aromatic rings. The quantitative estimate of drug-likeness (QED) is 0.437. The topological polar surface area (TPSA) is 41.6 Å². The Labute approximate surface area is 149 Å². The molecule has 3 nitrogen and oxygen atoms in total. The summed E-state index contributed by atoms with van der Waals surface area (Å²) in [4.78, 5) is 12.9. The van der Waals surface area contributed by atoms with Crippen molar-refractivity contribution in [3.8, 4) is 0 Å². The van der Waals surface area contributed by atoms with Crippen molar-refractivity contribution >= 4 is 44.5 Å². The molecule has 25 heavy (non-hydrogen) atoms. The minimum absolute atomic E-state index is 0.796. The van der Waals surface area contributed by atoms with Crippen LogP contribution in [0.3, 0.4) is 0 Å². The van der Waals surface area contributed by atoms with Gasteiger partial charge in [0.2, 0.25) is 0 Å². The summed E-state index contributed by atoms with van der Waals surface area (Å²) in [5.41, 5.74) is 4.19. The third-order valence-electron chi connectivity index (χ3n) is 4.34. The SMILES string of the molecule is c1ccc2cc3[nH]c(SCc4ccc5ccccc5n4)nc3cc2c1. The van der Waals surface area contributed by atoms with Gasteiger partial charge in [-0.05, 0) is 35.0 Å². The number of nitrogens with zero attached hydrogens (tertiary/aromatic N) is 2. The number of hydrogen-bond acceptors (Lipinski definition) is 3. The number of benzene rings is 3. The number of H-pyrrole nitrogens is 1. The van der Waals surface area contributed by atoms with Crippen molar-refractivity contribution in [1.82, 2.24) is 15.0 Å². The molecule has 0 aliphatic carbocycles. The van der Waals surface area contributed by atoms with Gasteiger partial charge in [-0.1, -0.05) is 60.3 Å². The van der Waals surface area contributed by atoms with E-state index >= 15 is 0 Å². The van der Waals surface area contributed by atoms with Crippen LogP contribution in [-0.4, -0.2) is 15.0 Å². The number of aromatic amines is 1. The van der Waals surface area contributed by atoms with Gasteiger partial charge in [0.05, 0.1) is 22.2 Å². The normalized spacial score (nSPS) is 11.5. The van der Waals surface area contributed by atoms with Crippen LogP contribution in [0.2, 0.25) is 0 Å². The number of fused-ring (bicyclic) bond motifs is 3.